The van der Waals surface area contributed by atoms with Crippen LogP contribution in [0.25, 0.3) is 0 Å². The van der Waals surface area contributed by atoms with Crippen molar-refractivity contribution in [2.24, 2.45) is 0 Å². The molecule has 0 radical (unpaired) electrons. The number of hydrogen-bond donors (Lipinski definition) is 0. The van der Waals surface area contributed by atoms with Crippen LogP contribution >= 0.6 is 0 Å². The minimum atomic E-state index is -0.576. The van der Waals surface area contributed by atoms with E-state index in [1.54, 1.807) is 26.0 Å². The molecule has 102 valence electrons. The van der Waals surface area contributed by atoms with E-state index in [0.717, 1.165) is 18.5 Å². The van der Waals surface area contributed by atoms with E-state index < -0.39 is 11.9 Å². The highest BCUT2D eigenvalue weighted by Crippen LogP contribution is 2.39. The highest BCUT2D eigenvalue weighted by atomic mass is 16.5. The van der Waals surface area contributed by atoms with Crippen LogP contribution in [0.2, 0.25) is 0 Å². The number of ether oxygens (including phenoxy) is 2. The van der Waals surface area contributed by atoms with Crippen molar-refractivity contribution in [3.63, 3.8) is 0 Å². The Morgan fingerprint density at radius 1 is 1.16 bits per heavy atom. The lowest BCUT2D eigenvalue weighted by Gasteiger charge is -2.09. The third-order valence-electron chi connectivity index (χ3n) is 2.88. The lowest BCUT2D eigenvalue weighted by atomic mass is 10.1. The average Bonchev–Trinajstić information content (AvgIpc) is 3.23. The molecule has 0 aromatic carbocycles. The molecule has 0 amide bonds. The van der Waals surface area contributed by atoms with E-state index in [2.05, 4.69) is 4.98 Å². The Hall–Kier alpha value is -1.91. The fraction of sp³-hybridized carbons (Fsp3) is 0.500. The van der Waals surface area contributed by atoms with Crippen LogP contribution in [-0.4, -0.2) is 30.1 Å². The molecule has 1 aliphatic carbocycles. The lowest BCUT2D eigenvalue weighted by molar-refractivity contribution is 0.0473. The Balaban J connectivity index is 2.34. The molecule has 0 unspecified atom stereocenters. The van der Waals surface area contributed by atoms with Crippen LogP contribution in [0.1, 0.15) is 59.1 Å². The van der Waals surface area contributed by atoms with Crippen LogP contribution in [0, 0.1) is 0 Å². The number of carbonyl (C=O) groups is 2. The number of pyridine rings is 1. The molecule has 0 spiro atoms. The minimum Gasteiger partial charge on any atom is -0.462 e. The van der Waals surface area contributed by atoms with Gasteiger partial charge < -0.3 is 9.47 Å². The maximum atomic E-state index is 11.9. The summed E-state index contributed by atoms with van der Waals surface area (Å²) >= 11 is 0. The van der Waals surface area contributed by atoms with Gasteiger partial charge in [0.15, 0.2) is 5.69 Å². The maximum absolute atomic E-state index is 11.9. The van der Waals surface area contributed by atoms with E-state index in [0.29, 0.717) is 5.92 Å². The maximum Gasteiger partial charge on any atom is 0.357 e. The average molecular weight is 263 g/mol. The second-order valence-electron chi connectivity index (χ2n) is 4.35. The van der Waals surface area contributed by atoms with Crippen LogP contribution in [0.15, 0.2) is 12.1 Å². The third-order valence-corrected chi connectivity index (χ3v) is 2.88. The van der Waals surface area contributed by atoms with E-state index in [1.807, 2.05) is 0 Å². The van der Waals surface area contributed by atoms with Gasteiger partial charge >= 0.3 is 11.9 Å². The summed E-state index contributed by atoms with van der Waals surface area (Å²) in [5.74, 6) is -0.710. The molecule has 1 aromatic rings. The largest absolute Gasteiger partial charge is 0.462 e. The minimum absolute atomic E-state index is 0.0599. The zero-order chi connectivity index (χ0) is 13.8. The summed E-state index contributed by atoms with van der Waals surface area (Å²) in [5, 5.41) is 0. The first-order valence-corrected chi connectivity index (χ1v) is 6.52. The van der Waals surface area contributed by atoms with E-state index in [4.69, 9.17) is 9.47 Å². The second kappa shape index (κ2) is 5.82. The topological polar surface area (TPSA) is 65.5 Å². The van der Waals surface area contributed by atoms with Gasteiger partial charge in [0.25, 0.3) is 0 Å². The van der Waals surface area contributed by atoms with E-state index >= 15 is 0 Å². The van der Waals surface area contributed by atoms with Crippen molar-refractivity contribution in [3.8, 4) is 0 Å². The predicted octanol–water partition coefficient (Wildman–Crippen LogP) is 2.31. The molecule has 1 aromatic heterocycles. The predicted molar refractivity (Wildman–Crippen MR) is 68.1 cm³/mol. The molecule has 1 fully saturated rings. The fourth-order valence-corrected chi connectivity index (χ4v) is 1.81. The third kappa shape index (κ3) is 3.10. The molecule has 0 aliphatic heterocycles. The molecule has 0 atom stereocenters. The molecule has 19 heavy (non-hydrogen) atoms. The number of esters is 2. The summed E-state index contributed by atoms with van der Waals surface area (Å²) in [7, 11) is 0. The standard InChI is InChI=1S/C14H17NO4/c1-3-18-13(16)10-7-8-11(9-5-6-9)15-12(10)14(17)19-4-2/h7-9H,3-6H2,1-2H3. The fourth-order valence-electron chi connectivity index (χ4n) is 1.81. The number of rotatable bonds is 5. The smallest absolute Gasteiger partial charge is 0.357 e. The number of nitrogens with zero attached hydrogens (tertiary/aromatic N) is 1. The molecular weight excluding hydrogens is 246 g/mol. The van der Waals surface area contributed by atoms with Crippen LogP contribution < -0.4 is 0 Å². The molecule has 5 nitrogen and oxygen atoms in total. The van der Waals surface area contributed by atoms with Crippen LogP contribution in [-0.2, 0) is 9.47 Å². The first-order chi connectivity index (χ1) is 9.17. The Morgan fingerprint density at radius 3 is 2.37 bits per heavy atom. The Morgan fingerprint density at radius 2 is 1.79 bits per heavy atom. The number of hydrogen-bond acceptors (Lipinski definition) is 5. The summed E-state index contributed by atoms with van der Waals surface area (Å²) in [6.45, 7) is 3.93. The molecule has 5 heteroatoms. The summed E-state index contributed by atoms with van der Waals surface area (Å²) in [4.78, 5) is 28.0. The second-order valence-corrected chi connectivity index (χ2v) is 4.35. The molecule has 2 rings (SSSR count). The van der Waals surface area contributed by atoms with Crippen molar-refractivity contribution < 1.29 is 19.1 Å². The van der Waals surface area contributed by atoms with Gasteiger partial charge in [-0.3, -0.25) is 0 Å². The van der Waals surface area contributed by atoms with Crippen LogP contribution in [0.4, 0.5) is 0 Å². The van der Waals surface area contributed by atoms with Crippen LogP contribution in [0.3, 0.4) is 0 Å². The Labute approximate surface area is 111 Å². The highest BCUT2D eigenvalue weighted by Gasteiger charge is 2.28. The molecule has 1 saturated carbocycles. The van der Waals surface area contributed by atoms with Crippen molar-refractivity contribution in [2.45, 2.75) is 32.6 Å². The van der Waals surface area contributed by atoms with Gasteiger partial charge in [0.1, 0.15) is 0 Å². The Bertz CT molecular complexity index is 494. The number of carbonyl (C=O) groups excluding carboxylic acids is 2. The lowest BCUT2D eigenvalue weighted by Crippen LogP contribution is -2.16. The van der Waals surface area contributed by atoms with Gasteiger partial charge in [0.05, 0.1) is 18.8 Å². The molecular formula is C14H17NO4. The van der Waals surface area contributed by atoms with Crippen molar-refractivity contribution in [3.05, 3.63) is 29.1 Å². The molecule has 0 N–H and O–H groups in total. The van der Waals surface area contributed by atoms with Crippen LogP contribution in [0.5, 0.6) is 0 Å². The van der Waals surface area contributed by atoms with Crippen molar-refractivity contribution >= 4 is 11.9 Å². The van der Waals surface area contributed by atoms with Gasteiger partial charge in [0.2, 0.25) is 0 Å². The summed E-state index contributed by atoms with van der Waals surface area (Å²) < 4.78 is 9.87. The zero-order valence-corrected chi connectivity index (χ0v) is 11.1. The van der Waals surface area contributed by atoms with Gasteiger partial charge in [-0.15, -0.1) is 0 Å². The summed E-state index contributed by atoms with van der Waals surface area (Å²) in [6, 6.07) is 3.39. The molecule has 1 heterocycles. The zero-order valence-electron chi connectivity index (χ0n) is 11.1. The van der Waals surface area contributed by atoms with Gasteiger partial charge in [-0.25, -0.2) is 14.6 Å². The summed E-state index contributed by atoms with van der Waals surface area (Å²) in [6.07, 6.45) is 2.15. The van der Waals surface area contributed by atoms with Crippen molar-refractivity contribution in [1.82, 2.24) is 4.98 Å². The van der Waals surface area contributed by atoms with Gasteiger partial charge in [-0.1, -0.05) is 0 Å². The number of aromatic nitrogens is 1. The van der Waals surface area contributed by atoms with E-state index in [-0.39, 0.29) is 24.5 Å². The Kier molecular flexibility index (Phi) is 4.14. The quantitative estimate of drug-likeness (QED) is 0.763. The monoisotopic (exact) mass is 263 g/mol. The first-order valence-electron chi connectivity index (χ1n) is 6.52. The summed E-state index contributed by atoms with van der Waals surface area (Å²) in [5.41, 5.74) is 1.07. The molecule has 0 saturated heterocycles. The molecule has 1 aliphatic rings. The highest BCUT2D eigenvalue weighted by molar-refractivity contribution is 6.01. The van der Waals surface area contributed by atoms with Gasteiger partial charge in [-0.2, -0.15) is 0 Å². The van der Waals surface area contributed by atoms with Crippen molar-refractivity contribution in [1.29, 1.82) is 0 Å². The van der Waals surface area contributed by atoms with Gasteiger partial charge in [-0.05, 0) is 38.8 Å². The van der Waals surface area contributed by atoms with Gasteiger partial charge in [0, 0.05) is 11.6 Å². The normalized spacial score (nSPS) is 14.0. The van der Waals surface area contributed by atoms with E-state index in [1.165, 1.54) is 0 Å². The first kappa shape index (κ1) is 13.5. The SMILES string of the molecule is CCOC(=O)c1ccc(C2CC2)nc1C(=O)OCC. The molecule has 0 bridgehead atoms. The van der Waals surface area contributed by atoms with Crippen molar-refractivity contribution in [2.75, 3.05) is 13.2 Å². The van der Waals surface area contributed by atoms with E-state index in [9.17, 15) is 9.59 Å².